The van der Waals surface area contributed by atoms with E-state index >= 15 is 0 Å². The Morgan fingerprint density at radius 2 is 1.58 bits per heavy atom. The normalized spacial score (nSPS) is 12.7. The minimum atomic E-state index is -4.44. The van der Waals surface area contributed by atoms with Crippen LogP contribution in [0, 0.1) is 31.3 Å². The molecule has 0 bridgehead atoms. The monoisotopic (exact) mass is 587 g/mol. The molecular weight excluding hydrogens is 567 g/mol. The van der Waals surface area contributed by atoms with Crippen LogP contribution >= 0.6 is 11.8 Å². The number of benzene rings is 3. The van der Waals surface area contributed by atoms with Crippen molar-refractivity contribution in [2.45, 2.75) is 36.6 Å². The number of aromatic nitrogens is 1. The number of aromatic hydroxyl groups is 1. The Bertz CT molecular complexity index is 1380. The van der Waals surface area contributed by atoms with E-state index in [1.165, 1.54) is 23.9 Å². The van der Waals surface area contributed by atoms with Gasteiger partial charge in [-0.25, -0.2) is 0 Å². The van der Waals surface area contributed by atoms with Crippen LogP contribution in [0.2, 0.25) is 0 Å². The molecule has 2 nitrogen and oxygen atoms in total. The quantitative estimate of drug-likeness (QED) is 0.109. The van der Waals surface area contributed by atoms with Crippen molar-refractivity contribution < 1.29 is 31.4 Å². The summed E-state index contributed by atoms with van der Waals surface area (Å²) in [4.78, 5) is 5.40. The van der Waals surface area contributed by atoms with Gasteiger partial charge in [0.05, 0.1) is 0 Å². The first-order valence-corrected chi connectivity index (χ1v) is 13.3. The van der Waals surface area contributed by atoms with Crippen molar-refractivity contribution in [3.05, 3.63) is 98.9 Å². The van der Waals surface area contributed by atoms with Gasteiger partial charge >= 0.3 is 214 Å². The Morgan fingerprint density at radius 1 is 0.944 bits per heavy atom. The molecule has 0 saturated carbocycles. The molecule has 0 saturated heterocycles. The van der Waals surface area contributed by atoms with Crippen LogP contribution in [0.4, 0.5) is 26.3 Å². The molecule has 1 heterocycles. The molecule has 36 heavy (non-hydrogen) atoms. The van der Waals surface area contributed by atoms with Gasteiger partial charge in [0.15, 0.2) is 0 Å². The molecular formula is C26H19F6NOSSe. The molecule has 4 rings (SSSR count). The molecule has 0 aliphatic heterocycles. The molecule has 0 spiro atoms. The molecule has 188 valence electrons. The Kier molecular flexibility index (Phi) is 7.59. The maximum atomic E-state index is 13.9. The number of halogens is 6. The first kappa shape index (κ1) is 26.4. The maximum absolute atomic E-state index is 13.9. The molecule has 0 amide bonds. The van der Waals surface area contributed by atoms with Crippen molar-refractivity contribution in [2.24, 2.45) is 0 Å². The summed E-state index contributed by atoms with van der Waals surface area (Å²) in [6.07, 6.45) is -4.27. The summed E-state index contributed by atoms with van der Waals surface area (Å²) in [5.74, 6) is -3.96. The van der Waals surface area contributed by atoms with Crippen LogP contribution in [-0.2, 0) is 12.6 Å². The van der Waals surface area contributed by atoms with Gasteiger partial charge in [0.2, 0.25) is 0 Å². The zero-order valence-electron chi connectivity index (χ0n) is 19.0. The van der Waals surface area contributed by atoms with Gasteiger partial charge in [-0.2, -0.15) is 0 Å². The van der Waals surface area contributed by atoms with Gasteiger partial charge in [0.1, 0.15) is 0 Å². The Hall–Kier alpha value is -2.68. The summed E-state index contributed by atoms with van der Waals surface area (Å²) in [5.41, 5.74) is 1.42. The molecule has 0 fully saturated rings. The molecule has 0 radical (unpaired) electrons. The van der Waals surface area contributed by atoms with E-state index in [1.54, 1.807) is 32.0 Å². The van der Waals surface area contributed by atoms with E-state index in [2.05, 4.69) is 4.98 Å². The summed E-state index contributed by atoms with van der Waals surface area (Å²) < 4.78 is 81.7. The number of rotatable bonds is 6. The third kappa shape index (κ3) is 5.82. The van der Waals surface area contributed by atoms with Crippen molar-refractivity contribution >= 4 is 26.3 Å². The number of aryl methyl sites for hydroxylation is 2. The molecule has 0 aliphatic carbocycles. The van der Waals surface area contributed by atoms with E-state index in [0.29, 0.717) is 21.4 Å². The number of phenols is 1. The molecule has 4 aromatic rings. The Balaban J connectivity index is 1.72. The third-order valence-corrected chi connectivity index (χ3v) is 9.81. The fourth-order valence-electron chi connectivity index (χ4n) is 3.63. The molecule has 1 unspecified atom stereocenters. The zero-order valence-corrected chi connectivity index (χ0v) is 21.5. The number of hydrogen-bond donors (Lipinski definition) is 1. The Labute approximate surface area is 213 Å². The molecule has 1 aromatic heterocycles. The number of thioether (sulfide) groups is 1. The van der Waals surface area contributed by atoms with Crippen LogP contribution in [0.1, 0.15) is 32.1 Å². The number of hydrogen-bond acceptors (Lipinski definition) is 3. The van der Waals surface area contributed by atoms with Crippen LogP contribution in [0.3, 0.4) is 0 Å². The molecule has 1 atom stereocenters. The van der Waals surface area contributed by atoms with Gasteiger partial charge in [-0.05, 0) is 0 Å². The third-order valence-electron chi connectivity index (χ3n) is 5.50. The first-order chi connectivity index (χ1) is 16.9. The summed E-state index contributed by atoms with van der Waals surface area (Å²) >= 11 is 1.04. The van der Waals surface area contributed by atoms with Crippen molar-refractivity contribution in [1.29, 1.82) is 0 Å². The molecule has 1 N–H and O–H groups in total. The second-order valence-electron chi connectivity index (χ2n) is 8.18. The number of nitrogens with zero attached hydrogens (tertiary/aromatic N) is 1. The van der Waals surface area contributed by atoms with Crippen molar-refractivity contribution in [1.82, 2.24) is 4.98 Å². The minimum absolute atomic E-state index is 0.131. The molecule has 10 heteroatoms. The van der Waals surface area contributed by atoms with E-state index in [0.717, 1.165) is 33.6 Å². The van der Waals surface area contributed by atoms with Crippen LogP contribution in [0.25, 0.3) is 10.1 Å². The molecule has 0 aliphatic rings. The van der Waals surface area contributed by atoms with Gasteiger partial charge in [0.25, 0.3) is 0 Å². The second kappa shape index (κ2) is 10.4. The van der Waals surface area contributed by atoms with Crippen molar-refractivity contribution in [3.63, 3.8) is 0 Å². The van der Waals surface area contributed by atoms with Gasteiger partial charge < -0.3 is 0 Å². The van der Waals surface area contributed by atoms with E-state index in [1.807, 2.05) is 0 Å². The fraction of sp³-hybridized carbons (Fsp3) is 0.192. The first-order valence-electron chi connectivity index (χ1n) is 10.7. The summed E-state index contributed by atoms with van der Waals surface area (Å²) in [6, 6.07) is 11.8. The van der Waals surface area contributed by atoms with Gasteiger partial charge in [0, 0.05) is 0 Å². The summed E-state index contributed by atoms with van der Waals surface area (Å²) in [5, 5.41) is 9.52. The fourth-order valence-corrected chi connectivity index (χ4v) is 7.66. The average molecular weight is 586 g/mol. The molecule has 3 aromatic carbocycles. The van der Waals surface area contributed by atoms with Gasteiger partial charge in [-0.15, -0.1) is 0 Å². The van der Waals surface area contributed by atoms with Crippen LogP contribution in [0.15, 0.2) is 59.5 Å². The zero-order chi connectivity index (χ0) is 26.2. The van der Waals surface area contributed by atoms with E-state index in [4.69, 9.17) is 0 Å². The predicted octanol–water partition coefficient (Wildman–Crippen LogP) is 7.64. The van der Waals surface area contributed by atoms with Gasteiger partial charge in [-0.1, -0.05) is 0 Å². The Morgan fingerprint density at radius 3 is 2.17 bits per heavy atom. The van der Waals surface area contributed by atoms with Crippen LogP contribution in [0.5, 0.6) is 5.75 Å². The van der Waals surface area contributed by atoms with Crippen molar-refractivity contribution in [2.75, 3.05) is 0 Å². The van der Waals surface area contributed by atoms with E-state index in [-0.39, 0.29) is 37.5 Å². The van der Waals surface area contributed by atoms with E-state index < -0.39 is 29.2 Å². The number of alkyl halides is 3. The average Bonchev–Trinajstić information content (AvgIpc) is 3.20. The predicted molar refractivity (Wildman–Crippen MR) is 128 cm³/mol. The summed E-state index contributed by atoms with van der Waals surface area (Å²) in [6.45, 7) is 3.53. The summed E-state index contributed by atoms with van der Waals surface area (Å²) in [7, 11) is 0. The number of phenolic OH excluding ortho intramolecular Hbond substituents is 1. The van der Waals surface area contributed by atoms with Crippen molar-refractivity contribution in [3.8, 4) is 15.9 Å². The van der Waals surface area contributed by atoms with Crippen LogP contribution in [-0.4, -0.2) is 24.6 Å². The standard InChI is InChI=1S/C26H19F6NOSSe/c1-13-9-18(7-8-21(13)34)35-22(12-15-10-19(27)23(29)20(28)11-15)24-14(2)33-25(36-24)16-3-5-17(6-4-16)26(30,31)32/h3-11,22,34H,12H2,1-2H3. The topological polar surface area (TPSA) is 33.1 Å². The van der Waals surface area contributed by atoms with Crippen LogP contribution < -0.4 is 0 Å². The second-order valence-corrected chi connectivity index (χ2v) is 11.6. The van der Waals surface area contributed by atoms with Gasteiger partial charge in [-0.3, -0.25) is 0 Å². The SMILES string of the molecule is Cc1cc(SC(Cc2cc(F)c(F)c(F)c2)c2[se]c(-c3ccc(C(F)(F)F)cc3)nc2C)ccc1O. The van der Waals surface area contributed by atoms with E-state index in [9.17, 15) is 31.4 Å².